The van der Waals surface area contributed by atoms with Gasteiger partial charge in [0.25, 0.3) is 0 Å². The molecule has 0 aromatic heterocycles. The Hall–Kier alpha value is -2.02. The fourth-order valence-electron chi connectivity index (χ4n) is 1.73. The van der Waals surface area contributed by atoms with Gasteiger partial charge < -0.3 is 5.32 Å². The SMILES string of the molecule is N#CC(C(=O)Nc1ccc(Cl)cc1Cl)c1ccccc1. The second-order valence-corrected chi connectivity index (χ2v) is 4.93. The van der Waals surface area contributed by atoms with Crippen molar-refractivity contribution in [3.8, 4) is 6.07 Å². The van der Waals surface area contributed by atoms with E-state index in [1.165, 1.54) is 6.07 Å². The van der Waals surface area contributed by atoms with Crippen LogP contribution in [0.4, 0.5) is 5.69 Å². The number of hydrogen-bond acceptors (Lipinski definition) is 2. The largest absolute Gasteiger partial charge is 0.323 e. The van der Waals surface area contributed by atoms with Crippen LogP contribution in [0, 0.1) is 11.3 Å². The van der Waals surface area contributed by atoms with E-state index in [9.17, 15) is 10.1 Å². The summed E-state index contributed by atoms with van der Waals surface area (Å²) in [6, 6.07) is 15.6. The lowest BCUT2D eigenvalue weighted by Gasteiger charge is -2.11. The van der Waals surface area contributed by atoms with E-state index in [0.29, 0.717) is 21.3 Å². The lowest BCUT2D eigenvalue weighted by molar-refractivity contribution is -0.116. The minimum absolute atomic E-state index is 0.329. The molecule has 20 heavy (non-hydrogen) atoms. The summed E-state index contributed by atoms with van der Waals surface area (Å²) in [7, 11) is 0. The highest BCUT2D eigenvalue weighted by molar-refractivity contribution is 6.36. The average molecular weight is 305 g/mol. The number of nitrogens with zero attached hydrogens (tertiary/aromatic N) is 1. The number of hydrogen-bond donors (Lipinski definition) is 1. The van der Waals surface area contributed by atoms with Crippen LogP contribution in [0.15, 0.2) is 48.5 Å². The van der Waals surface area contributed by atoms with Crippen LogP contribution in [0.2, 0.25) is 10.0 Å². The summed E-state index contributed by atoms with van der Waals surface area (Å²) in [4.78, 5) is 12.2. The predicted octanol–water partition coefficient (Wildman–Crippen LogP) is 4.24. The maximum Gasteiger partial charge on any atom is 0.246 e. The van der Waals surface area contributed by atoms with E-state index in [-0.39, 0.29) is 0 Å². The van der Waals surface area contributed by atoms with Crippen LogP contribution in [0.5, 0.6) is 0 Å². The molecular weight excluding hydrogens is 295 g/mol. The molecule has 1 unspecified atom stereocenters. The number of amides is 1. The van der Waals surface area contributed by atoms with E-state index in [1.54, 1.807) is 36.4 Å². The van der Waals surface area contributed by atoms with Gasteiger partial charge in [-0.15, -0.1) is 0 Å². The van der Waals surface area contributed by atoms with Crippen molar-refractivity contribution in [2.45, 2.75) is 5.92 Å². The second kappa shape index (κ2) is 6.42. The smallest absolute Gasteiger partial charge is 0.246 e. The normalized spacial score (nSPS) is 11.4. The Morgan fingerprint density at radius 3 is 2.45 bits per heavy atom. The molecule has 0 saturated carbocycles. The topological polar surface area (TPSA) is 52.9 Å². The van der Waals surface area contributed by atoms with Gasteiger partial charge in [0.1, 0.15) is 0 Å². The average Bonchev–Trinajstić information content (AvgIpc) is 2.44. The van der Waals surface area contributed by atoms with Crippen LogP contribution in [0.25, 0.3) is 0 Å². The number of carbonyl (C=O) groups is 1. The quantitative estimate of drug-likeness (QED) is 0.922. The second-order valence-electron chi connectivity index (χ2n) is 4.09. The van der Waals surface area contributed by atoms with Gasteiger partial charge in [-0.3, -0.25) is 4.79 Å². The van der Waals surface area contributed by atoms with E-state index in [4.69, 9.17) is 23.2 Å². The standard InChI is InChI=1S/C15H10Cl2N2O/c16-11-6-7-14(13(17)8-11)19-15(20)12(9-18)10-4-2-1-3-5-10/h1-8,12H,(H,19,20). The molecule has 0 aliphatic heterocycles. The Morgan fingerprint density at radius 2 is 1.85 bits per heavy atom. The Balaban J connectivity index is 2.21. The minimum Gasteiger partial charge on any atom is -0.323 e. The third kappa shape index (κ3) is 3.30. The molecule has 100 valence electrons. The number of nitriles is 1. The van der Waals surface area contributed by atoms with Gasteiger partial charge in [0, 0.05) is 5.02 Å². The van der Waals surface area contributed by atoms with Crippen molar-refractivity contribution in [1.29, 1.82) is 5.26 Å². The maximum absolute atomic E-state index is 12.2. The molecule has 1 atom stereocenters. The van der Waals surface area contributed by atoms with Gasteiger partial charge in [-0.1, -0.05) is 53.5 Å². The number of anilines is 1. The zero-order chi connectivity index (χ0) is 14.5. The van der Waals surface area contributed by atoms with Crippen molar-refractivity contribution in [3.05, 3.63) is 64.1 Å². The molecule has 0 bridgehead atoms. The van der Waals surface area contributed by atoms with E-state index in [0.717, 1.165) is 0 Å². The fraction of sp³-hybridized carbons (Fsp3) is 0.0667. The maximum atomic E-state index is 12.2. The molecule has 3 nitrogen and oxygen atoms in total. The lowest BCUT2D eigenvalue weighted by atomic mass is 10.00. The summed E-state index contributed by atoms with van der Waals surface area (Å²) in [5.74, 6) is -1.31. The van der Waals surface area contributed by atoms with Crippen LogP contribution in [0.3, 0.4) is 0 Å². The van der Waals surface area contributed by atoms with Crippen LogP contribution >= 0.6 is 23.2 Å². The van der Waals surface area contributed by atoms with Crippen molar-refractivity contribution in [1.82, 2.24) is 0 Å². The molecule has 0 spiro atoms. The number of carbonyl (C=O) groups excluding carboxylic acids is 1. The molecular formula is C15H10Cl2N2O. The molecule has 2 aromatic carbocycles. The monoisotopic (exact) mass is 304 g/mol. The summed E-state index contributed by atoms with van der Waals surface area (Å²) in [6.45, 7) is 0. The first-order valence-corrected chi connectivity index (χ1v) is 6.58. The zero-order valence-corrected chi connectivity index (χ0v) is 11.8. The van der Waals surface area contributed by atoms with Crippen LogP contribution in [-0.2, 0) is 4.79 Å². The highest BCUT2D eigenvalue weighted by Gasteiger charge is 2.20. The summed E-state index contributed by atoms with van der Waals surface area (Å²) in [6.07, 6.45) is 0. The summed E-state index contributed by atoms with van der Waals surface area (Å²) >= 11 is 11.8. The Morgan fingerprint density at radius 1 is 1.15 bits per heavy atom. The highest BCUT2D eigenvalue weighted by atomic mass is 35.5. The fourth-order valence-corrected chi connectivity index (χ4v) is 2.18. The molecule has 1 N–H and O–H groups in total. The van der Waals surface area contributed by atoms with Crippen LogP contribution in [-0.4, -0.2) is 5.91 Å². The van der Waals surface area contributed by atoms with Crippen molar-refractivity contribution in [2.24, 2.45) is 0 Å². The van der Waals surface area contributed by atoms with Gasteiger partial charge >= 0.3 is 0 Å². The van der Waals surface area contributed by atoms with E-state index in [1.807, 2.05) is 12.1 Å². The first kappa shape index (κ1) is 14.4. The Kier molecular flexibility index (Phi) is 4.62. The predicted molar refractivity (Wildman–Crippen MR) is 79.9 cm³/mol. The summed E-state index contributed by atoms with van der Waals surface area (Å²) < 4.78 is 0. The van der Waals surface area contributed by atoms with E-state index >= 15 is 0 Å². The number of benzene rings is 2. The van der Waals surface area contributed by atoms with Crippen molar-refractivity contribution >= 4 is 34.8 Å². The summed E-state index contributed by atoms with van der Waals surface area (Å²) in [5, 5.41) is 12.6. The van der Waals surface area contributed by atoms with E-state index < -0.39 is 11.8 Å². The van der Waals surface area contributed by atoms with Gasteiger partial charge in [-0.2, -0.15) is 5.26 Å². The third-order valence-electron chi connectivity index (χ3n) is 2.71. The molecule has 5 heteroatoms. The Labute approximate surface area is 126 Å². The van der Waals surface area contributed by atoms with Crippen LogP contribution < -0.4 is 5.32 Å². The number of rotatable bonds is 3. The van der Waals surface area contributed by atoms with Crippen molar-refractivity contribution in [2.75, 3.05) is 5.32 Å². The van der Waals surface area contributed by atoms with Gasteiger partial charge in [-0.05, 0) is 23.8 Å². The minimum atomic E-state index is -0.886. The van der Waals surface area contributed by atoms with Gasteiger partial charge in [0.2, 0.25) is 5.91 Å². The first-order chi connectivity index (χ1) is 9.61. The molecule has 0 aliphatic carbocycles. The first-order valence-electron chi connectivity index (χ1n) is 5.82. The highest BCUT2D eigenvalue weighted by Crippen LogP contribution is 2.26. The zero-order valence-electron chi connectivity index (χ0n) is 10.3. The molecule has 0 aliphatic rings. The molecule has 2 aromatic rings. The molecule has 0 heterocycles. The third-order valence-corrected chi connectivity index (χ3v) is 3.26. The van der Waals surface area contributed by atoms with Crippen LogP contribution in [0.1, 0.15) is 11.5 Å². The molecule has 0 fully saturated rings. The molecule has 1 amide bonds. The molecule has 0 radical (unpaired) electrons. The van der Waals surface area contributed by atoms with Gasteiger partial charge in [0.15, 0.2) is 5.92 Å². The molecule has 2 rings (SSSR count). The number of halogens is 2. The lowest BCUT2D eigenvalue weighted by Crippen LogP contribution is -2.20. The Bertz CT molecular complexity index is 665. The van der Waals surface area contributed by atoms with Crippen molar-refractivity contribution in [3.63, 3.8) is 0 Å². The molecule has 0 saturated heterocycles. The summed E-state index contributed by atoms with van der Waals surface area (Å²) in [5.41, 5.74) is 1.06. The van der Waals surface area contributed by atoms with Gasteiger partial charge in [0.05, 0.1) is 16.8 Å². The van der Waals surface area contributed by atoms with E-state index in [2.05, 4.69) is 5.32 Å². The number of nitrogens with one attached hydrogen (secondary N) is 1. The van der Waals surface area contributed by atoms with Crippen molar-refractivity contribution < 1.29 is 4.79 Å². The van der Waals surface area contributed by atoms with Gasteiger partial charge in [-0.25, -0.2) is 0 Å².